The summed E-state index contributed by atoms with van der Waals surface area (Å²) in [6.45, 7) is 8.84. The minimum absolute atomic E-state index is 0.345. The Morgan fingerprint density at radius 3 is 0.756 bits per heavy atom. The molecule has 0 aromatic carbocycles. The second kappa shape index (κ2) is 45.6. The van der Waals surface area contributed by atoms with Crippen molar-refractivity contribution in [3.05, 3.63) is 0 Å². The summed E-state index contributed by atoms with van der Waals surface area (Å²) >= 11 is 0. The van der Waals surface area contributed by atoms with E-state index >= 15 is 0 Å². The lowest BCUT2D eigenvalue weighted by molar-refractivity contribution is -0.137. The lowest BCUT2D eigenvalue weighted by Crippen LogP contribution is -1.97. The summed E-state index contributed by atoms with van der Waals surface area (Å²) in [5.41, 5.74) is 0. The molecule has 0 bridgehead atoms. The van der Waals surface area contributed by atoms with E-state index in [2.05, 4.69) is 20.8 Å². The highest BCUT2D eigenvalue weighted by atomic mass is 16.5. The first-order valence-electron chi connectivity index (χ1n) is 21.0. The Labute approximate surface area is 285 Å². The molecule has 0 unspecified atom stereocenters. The summed E-state index contributed by atoms with van der Waals surface area (Å²) in [5.74, 6) is -0.655. The molecule has 3 nitrogen and oxygen atoms in total. The number of hydrogen-bond donors (Lipinski definition) is 1. The summed E-state index contributed by atoms with van der Waals surface area (Å²) in [5, 5.41) is 8.49. The molecule has 0 fully saturated rings. The standard InChI is InChI=1S/C26H54O.C16H32O2/c1-3-5-7-9-11-13-15-17-19-21-23-25-27-26-24-22-20-18-16-14-12-10-8-6-4-2;1-2-3-4-5-6-7-8-9-10-11-12-13-14-15-16(17)18/h3-26H2,1-2H3;2-15H2,1H3,(H,17,18). The van der Waals surface area contributed by atoms with Gasteiger partial charge in [-0.3, -0.25) is 4.79 Å². The monoisotopic (exact) mass is 639 g/mol. The molecule has 0 aliphatic carbocycles. The van der Waals surface area contributed by atoms with Gasteiger partial charge in [-0.1, -0.05) is 226 Å². The first-order chi connectivity index (χ1) is 22.2. The fourth-order valence-electron chi connectivity index (χ4n) is 6.13. The van der Waals surface area contributed by atoms with E-state index in [4.69, 9.17) is 9.84 Å². The smallest absolute Gasteiger partial charge is 0.303 e. The van der Waals surface area contributed by atoms with Crippen LogP contribution in [0.3, 0.4) is 0 Å². The first-order valence-corrected chi connectivity index (χ1v) is 21.0. The van der Waals surface area contributed by atoms with Gasteiger partial charge in [0, 0.05) is 19.6 Å². The second-order valence-corrected chi connectivity index (χ2v) is 14.1. The molecule has 0 rings (SSSR count). The molecular formula is C42H86O3. The molecule has 0 aliphatic rings. The van der Waals surface area contributed by atoms with Gasteiger partial charge in [0.2, 0.25) is 0 Å². The lowest BCUT2D eigenvalue weighted by Gasteiger charge is -2.05. The predicted molar refractivity (Wildman–Crippen MR) is 202 cm³/mol. The average Bonchev–Trinajstić information content (AvgIpc) is 3.04. The minimum atomic E-state index is -0.655. The molecule has 0 aliphatic heterocycles. The topological polar surface area (TPSA) is 46.5 Å². The van der Waals surface area contributed by atoms with Crippen LogP contribution >= 0.6 is 0 Å². The number of carboxylic acid groups (broad SMARTS) is 1. The largest absolute Gasteiger partial charge is 0.481 e. The molecule has 45 heavy (non-hydrogen) atoms. The van der Waals surface area contributed by atoms with E-state index in [0.29, 0.717) is 6.42 Å². The average molecular weight is 639 g/mol. The number of hydrogen-bond acceptors (Lipinski definition) is 2. The minimum Gasteiger partial charge on any atom is -0.481 e. The summed E-state index contributed by atoms with van der Waals surface area (Å²) < 4.78 is 5.80. The fourth-order valence-corrected chi connectivity index (χ4v) is 6.13. The van der Waals surface area contributed by atoms with Crippen LogP contribution < -0.4 is 0 Å². The van der Waals surface area contributed by atoms with Gasteiger partial charge in [-0.2, -0.15) is 0 Å². The van der Waals surface area contributed by atoms with Crippen molar-refractivity contribution in [1.29, 1.82) is 0 Å². The molecular weight excluding hydrogens is 552 g/mol. The zero-order valence-corrected chi connectivity index (χ0v) is 31.6. The second-order valence-electron chi connectivity index (χ2n) is 14.1. The van der Waals surface area contributed by atoms with Crippen LogP contribution in [0.4, 0.5) is 0 Å². The lowest BCUT2D eigenvalue weighted by atomic mass is 10.0. The highest BCUT2D eigenvalue weighted by molar-refractivity contribution is 5.66. The predicted octanol–water partition coefficient (Wildman–Crippen LogP) is 15.2. The van der Waals surface area contributed by atoms with Crippen molar-refractivity contribution in [3.8, 4) is 0 Å². The fraction of sp³-hybridized carbons (Fsp3) is 0.976. The molecule has 0 atom stereocenters. The van der Waals surface area contributed by atoms with Crippen LogP contribution in [0.1, 0.15) is 252 Å². The van der Waals surface area contributed by atoms with Crippen LogP contribution in [0.25, 0.3) is 0 Å². The Balaban J connectivity index is 0. The zero-order chi connectivity index (χ0) is 33.2. The highest BCUT2D eigenvalue weighted by Gasteiger charge is 1.98. The van der Waals surface area contributed by atoms with E-state index in [1.165, 1.54) is 212 Å². The van der Waals surface area contributed by atoms with Crippen molar-refractivity contribution in [2.75, 3.05) is 13.2 Å². The number of carbonyl (C=O) groups is 1. The van der Waals surface area contributed by atoms with Gasteiger partial charge in [-0.15, -0.1) is 0 Å². The normalized spacial score (nSPS) is 11.1. The zero-order valence-electron chi connectivity index (χ0n) is 31.6. The maximum Gasteiger partial charge on any atom is 0.303 e. The Hall–Kier alpha value is -0.570. The van der Waals surface area contributed by atoms with Gasteiger partial charge < -0.3 is 9.84 Å². The van der Waals surface area contributed by atoms with Crippen molar-refractivity contribution in [2.24, 2.45) is 0 Å². The van der Waals surface area contributed by atoms with E-state index in [1.807, 2.05) is 0 Å². The van der Waals surface area contributed by atoms with Gasteiger partial charge in [0.1, 0.15) is 0 Å². The van der Waals surface area contributed by atoms with Gasteiger partial charge in [-0.05, 0) is 19.3 Å². The Morgan fingerprint density at radius 1 is 0.333 bits per heavy atom. The molecule has 0 amide bonds. The Morgan fingerprint density at radius 2 is 0.533 bits per heavy atom. The summed E-state index contributed by atoms with van der Waals surface area (Å²) in [6, 6.07) is 0. The summed E-state index contributed by atoms with van der Waals surface area (Å²) in [6.07, 6.45) is 48.4. The Kier molecular flexibility index (Phi) is 47.1. The van der Waals surface area contributed by atoms with E-state index in [0.717, 1.165) is 26.1 Å². The van der Waals surface area contributed by atoms with Crippen molar-refractivity contribution < 1.29 is 14.6 Å². The molecule has 0 radical (unpaired) electrons. The van der Waals surface area contributed by atoms with Crippen LogP contribution in [0.15, 0.2) is 0 Å². The number of carboxylic acids is 1. The number of aliphatic carboxylic acids is 1. The van der Waals surface area contributed by atoms with Crippen LogP contribution in [-0.4, -0.2) is 24.3 Å². The van der Waals surface area contributed by atoms with Crippen molar-refractivity contribution in [1.82, 2.24) is 0 Å². The van der Waals surface area contributed by atoms with E-state index in [9.17, 15) is 4.79 Å². The molecule has 0 saturated heterocycles. The molecule has 1 N–H and O–H groups in total. The van der Waals surface area contributed by atoms with Gasteiger partial charge >= 0.3 is 5.97 Å². The Bertz CT molecular complexity index is 482. The van der Waals surface area contributed by atoms with Gasteiger partial charge in [0.05, 0.1) is 0 Å². The molecule has 0 saturated carbocycles. The number of unbranched alkanes of at least 4 members (excludes halogenated alkanes) is 32. The van der Waals surface area contributed by atoms with E-state index < -0.39 is 5.97 Å². The van der Waals surface area contributed by atoms with Crippen LogP contribution in [0.2, 0.25) is 0 Å². The highest BCUT2D eigenvalue weighted by Crippen LogP contribution is 2.14. The van der Waals surface area contributed by atoms with Crippen LogP contribution in [0.5, 0.6) is 0 Å². The third kappa shape index (κ3) is 50.5. The summed E-state index contributed by atoms with van der Waals surface area (Å²) in [4.78, 5) is 10.3. The van der Waals surface area contributed by atoms with Crippen LogP contribution in [-0.2, 0) is 9.53 Å². The van der Waals surface area contributed by atoms with Gasteiger partial charge in [0.15, 0.2) is 0 Å². The van der Waals surface area contributed by atoms with E-state index in [1.54, 1.807) is 0 Å². The molecule has 0 heterocycles. The quantitative estimate of drug-likeness (QED) is 0.0684. The number of rotatable bonds is 38. The maximum atomic E-state index is 10.3. The number of ether oxygens (including phenoxy) is 1. The van der Waals surface area contributed by atoms with Crippen molar-refractivity contribution in [3.63, 3.8) is 0 Å². The van der Waals surface area contributed by atoms with Crippen molar-refractivity contribution in [2.45, 2.75) is 252 Å². The first kappa shape index (κ1) is 46.5. The van der Waals surface area contributed by atoms with Gasteiger partial charge in [-0.25, -0.2) is 0 Å². The van der Waals surface area contributed by atoms with Crippen LogP contribution in [0, 0.1) is 0 Å². The molecule has 0 spiro atoms. The maximum absolute atomic E-state index is 10.3. The molecule has 272 valence electrons. The van der Waals surface area contributed by atoms with E-state index in [-0.39, 0.29) is 0 Å². The third-order valence-corrected chi connectivity index (χ3v) is 9.28. The molecule has 3 heteroatoms. The molecule has 0 aromatic heterocycles. The van der Waals surface area contributed by atoms with Gasteiger partial charge in [0.25, 0.3) is 0 Å². The SMILES string of the molecule is CCCCCCCCCCCCCCCC(=O)O.CCCCCCCCCCCCCOCCCCCCCCCCCCC. The molecule has 0 aromatic rings. The summed E-state index contributed by atoms with van der Waals surface area (Å²) in [7, 11) is 0. The third-order valence-electron chi connectivity index (χ3n) is 9.28. The van der Waals surface area contributed by atoms with Crippen molar-refractivity contribution >= 4 is 5.97 Å².